The van der Waals surface area contributed by atoms with Gasteiger partial charge in [0, 0.05) is 25.1 Å². The molecule has 1 atom stereocenters. The number of imidazole rings is 1. The highest BCUT2D eigenvalue weighted by Crippen LogP contribution is 2.40. The maximum Gasteiger partial charge on any atom is 0.425 e. The largest absolute Gasteiger partial charge is 0.425 e. The molecule has 0 saturated heterocycles. The van der Waals surface area contributed by atoms with E-state index in [4.69, 9.17) is 0 Å². The smallest absolute Gasteiger partial charge is 0.374 e. The maximum absolute atomic E-state index is 13.3. The van der Waals surface area contributed by atoms with Crippen LogP contribution in [0.2, 0.25) is 0 Å². The second kappa shape index (κ2) is 6.60. The topological polar surface area (TPSA) is 80.0 Å². The average Bonchev–Trinajstić information content (AvgIpc) is 2.90. The predicted octanol–water partition coefficient (Wildman–Crippen LogP) is 1.58. The third-order valence-corrected chi connectivity index (χ3v) is 3.49. The van der Waals surface area contributed by atoms with Crippen LogP contribution in [0.4, 0.5) is 13.2 Å². The van der Waals surface area contributed by atoms with E-state index in [9.17, 15) is 23.1 Å². The number of aliphatic hydroxyl groups is 1. The quantitative estimate of drug-likeness (QED) is 0.865. The van der Waals surface area contributed by atoms with Gasteiger partial charge in [0.2, 0.25) is 11.5 Å². The third kappa shape index (κ3) is 3.73. The van der Waals surface area contributed by atoms with Crippen molar-refractivity contribution in [3.05, 3.63) is 47.8 Å². The number of aryl methyl sites for hydroxylation is 2. The molecule has 0 spiro atoms. The number of amides is 1. The maximum atomic E-state index is 13.3. The van der Waals surface area contributed by atoms with Gasteiger partial charge in [-0.05, 0) is 19.1 Å². The number of pyridine rings is 1. The molecule has 0 aliphatic rings. The van der Waals surface area contributed by atoms with Gasteiger partial charge in [0.1, 0.15) is 0 Å². The van der Waals surface area contributed by atoms with E-state index in [0.29, 0.717) is 5.69 Å². The normalized spacial score (nSPS) is 14.2. The molecule has 0 aromatic carbocycles. The van der Waals surface area contributed by atoms with Crippen LogP contribution in [0.25, 0.3) is 0 Å². The number of carbonyl (C=O) groups is 1. The summed E-state index contributed by atoms with van der Waals surface area (Å²) in [4.78, 5) is 19.6. The summed E-state index contributed by atoms with van der Waals surface area (Å²) in [6, 6.07) is 5.13. The molecule has 24 heavy (non-hydrogen) atoms. The predicted molar refractivity (Wildman–Crippen MR) is 78.6 cm³/mol. The van der Waals surface area contributed by atoms with Gasteiger partial charge in [-0.15, -0.1) is 0 Å². The molecular formula is C15H17F3N4O2. The van der Waals surface area contributed by atoms with E-state index in [-0.39, 0.29) is 6.54 Å². The lowest BCUT2D eigenvalue weighted by Crippen LogP contribution is -2.47. The van der Waals surface area contributed by atoms with Crippen molar-refractivity contribution < 1.29 is 23.1 Å². The zero-order valence-electron chi connectivity index (χ0n) is 13.1. The average molecular weight is 342 g/mol. The van der Waals surface area contributed by atoms with Gasteiger partial charge in [-0.3, -0.25) is 9.78 Å². The summed E-state index contributed by atoms with van der Waals surface area (Å²) < 4.78 is 41.0. The lowest BCUT2D eigenvalue weighted by molar-refractivity contribution is -0.271. The van der Waals surface area contributed by atoms with Gasteiger partial charge in [-0.1, -0.05) is 6.07 Å². The number of rotatable bonds is 5. The highest BCUT2D eigenvalue weighted by Gasteiger charge is 2.58. The first-order valence-electron chi connectivity index (χ1n) is 7.09. The molecule has 6 nitrogen and oxygen atoms in total. The Kier molecular flexibility index (Phi) is 4.93. The van der Waals surface area contributed by atoms with Gasteiger partial charge in [0.25, 0.3) is 0 Å². The molecule has 0 fully saturated rings. The molecule has 130 valence electrons. The highest BCUT2D eigenvalue weighted by atomic mass is 19.4. The number of carbonyl (C=O) groups excluding carboxylic acids is 1. The van der Waals surface area contributed by atoms with Crippen molar-refractivity contribution in [1.29, 1.82) is 0 Å². The molecule has 0 saturated carbocycles. The second-order valence-electron chi connectivity index (χ2n) is 5.44. The zero-order chi connectivity index (χ0) is 18.0. The minimum Gasteiger partial charge on any atom is -0.374 e. The van der Waals surface area contributed by atoms with E-state index in [1.54, 1.807) is 25.1 Å². The second-order valence-corrected chi connectivity index (χ2v) is 5.44. The Morgan fingerprint density at radius 1 is 1.38 bits per heavy atom. The molecule has 0 aliphatic heterocycles. The van der Waals surface area contributed by atoms with Gasteiger partial charge in [-0.2, -0.15) is 13.2 Å². The number of alkyl halides is 3. The molecule has 0 bridgehead atoms. The number of aromatic nitrogens is 3. The van der Waals surface area contributed by atoms with Crippen molar-refractivity contribution in [2.45, 2.75) is 31.7 Å². The Morgan fingerprint density at radius 3 is 2.62 bits per heavy atom. The molecule has 2 N–H and O–H groups in total. The van der Waals surface area contributed by atoms with Crippen molar-refractivity contribution >= 4 is 5.91 Å². The Morgan fingerprint density at radius 2 is 2.08 bits per heavy atom. The van der Waals surface area contributed by atoms with Gasteiger partial charge >= 0.3 is 6.18 Å². The minimum atomic E-state index is -5.05. The van der Waals surface area contributed by atoms with Crippen LogP contribution in [0.3, 0.4) is 0 Å². The van der Waals surface area contributed by atoms with Crippen LogP contribution in [-0.2, 0) is 24.0 Å². The fourth-order valence-corrected chi connectivity index (χ4v) is 2.25. The summed E-state index contributed by atoms with van der Waals surface area (Å²) in [6.07, 6.45) is -3.85. The van der Waals surface area contributed by atoms with Crippen molar-refractivity contribution in [2.24, 2.45) is 7.05 Å². The number of hydrogen-bond acceptors (Lipinski definition) is 4. The lowest BCUT2D eigenvalue weighted by Gasteiger charge is -2.29. The molecular weight excluding hydrogens is 325 g/mol. The number of nitrogens with one attached hydrogen (secondary N) is 1. The number of nitrogens with zero attached hydrogens (tertiary/aromatic N) is 3. The first-order valence-corrected chi connectivity index (χ1v) is 7.09. The van der Waals surface area contributed by atoms with Gasteiger partial charge in [0.15, 0.2) is 5.82 Å². The summed E-state index contributed by atoms with van der Waals surface area (Å²) in [7, 11) is 1.31. The summed E-state index contributed by atoms with van der Waals surface area (Å²) >= 11 is 0. The summed E-state index contributed by atoms with van der Waals surface area (Å²) in [6.45, 7) is 1.73. The first-order chi connectivity index (χ1) is 11.1. The standard InChI is InChI=1S/C15H17F3N4O2/c1-10-4-3-5-11(21-10)9-20-12(23)8-14(24,15(16,17)18)13-19-6-7-22(13)2/h3-7,24H,8-9H2,1-2H3,(H,20,23). The molecule has 1 unspecified atom stereocenters. The van der Waals surface area contributed by atoms with Gasteiger partial charge in [0.05, 0.1) is 18.7 Å². The van der Waals surface area contributed by atoms with Crippen LogP contribution in [0, 0.1) is 6.92 Å². The number of halogens is 3. The molecule has 2 heterocycles. The van der Waals surface area contributed by atoms with Crippen LogP contribution in [0.5, 0.6) is 0 Å². The third-order valence-electron chi connectivity index (χ3n) is 3.49. The van der Waals surface area contributed by atoms with E-state index in [1.165, 1.54) is 13.2 Å². The highest BCUT2D eigenvalue weighted by molar-refractivity contribution is 5.77. The first kappa shape index (κ1) is 17.9. The Hall–Kier alpha value is -2.42. The van der Waals surface area contributed by atoms with Gasteiger partial charge in [-0.25, -0.2) is 4.98 Å². The molecule has 0 aliphatic carbocycles. The molecule has 9 heteroatoms. The summed E-state index contributed by atoms with van der Waals surface area (Å²) in [5.41, 5.74) is -2.13. The van der Waals surface area contributed by atoms with E-state index in [1.807, 2.05) is 0 Å². The van der Waals surface area contributed by atoms with Gasteiger partial charge < -0.3 is 15.0 Å². The molecule has 0 radical (unpaired) electrons. The van der Waals surface area contributed by atoms with E-state index >= 15 is 0 Å². The zero-order valence-corrected chi connectivity index (χ0v) is 13.1. The monoisotopic (exact) mass is 342 g/mol. The van der Waals surface area contributed by atoms with E-state index in [2.05, 4.69) is 15.3 Å². The van der Waals surface area contributed by atoms with Crippen LogP contribution in [-0.4, -0.2) is 31.7 Å². The Labute approximate surface area is 136 Å². The summed E-state index contributed by atoms with van der Waals surface area (Å²) in [5.74, 6) is -1.60. The van der Waals surface area contributed by atoms with Crippen molar-refractivity contribution in [3.8, 4) is 0 Å². The summed E-state index contributed by atoms with van der Waals surface area (Å²) in [5, 5.41) is 12.5. The van der Waals surface area contributed by atoms with Crippen LogP contribution in [0.1, 0.15) is 23.6 Å². The Balaban J connectivity index is 2.13. The van der Waals surface area contributed by atoms with Crippen LogP contribution >= 0.6 is 0 Å². The van der Waals surface area contributed by atoms with Crippen LogP contribution < -0.4 is 5.32 Å². The molecule has 1 amide bonds. The van der Waals surface area contributed by atoms with Crippen LogP contribution in [0.15, 0.2) is 30.6 Å². The van der Waals surface area contributed by atoms with E-state index in [0.717, 1.165) is 16.5 Å². The fourth-order valence-electron chi connectivity index (χ4n) is 2.25. The Bertz CT molecular complexity index is 730. The SMILES string of the molecule is Cc1cccc(CNC(=O)CC(O)(c2nccn2C)C(F)(F)F)n1. The van der Waals surface area contributed by atoms with Crippen molar-refractivity contribution in [3.63, 3.8) is 0 Å². The number of hydrogen-bond donors (Lipinski definition) is 2. The molecule has 2 rings (SSSR count). The molecule has 2 aromatic heterocycles. The molecule has 2 aromatic rings. The fraction of sp³-hybridized carbons (Fsp3) is 0.400. The van der Waals surface area contributed by atoms with E-state index < -0.39 is 29.9 Å². The van der Waals surface area contributed by atoms with Crippen molar-refractivity contribution in [2.75, 3.05) is 0 Å². The lowest BCUT2D eigenvalue weighted by atomic mass is 9.97. The van der Waals surface area contributed by atoms with Crippen molar-refractivity contribution in [1.82, 2.24) is 19.9 Å². The minimum absolute atomic E-state index is 0.0327.